The molecule has 2 aliphatic heterocycles. The Labute approximate surface area is 212 Å². The van der Waals surface area contributed by atoms with E-state index < -0.39 is 17.7 Å². The number of esters is 1. The maximum Gasteiger partial charge on any atom is 0.334 e. The van der Waals surface area contributed by atoms with Gasteiger partial charge in [-0.05, 0) is 45.0 Å². The highest BCUT2D eigenvalue weighted by Gasteiger charge is 2.45. The lowest BCUT2D eigenvalue weighted by molar-refractivity contribution is -0.161. The molecule has 2 atom stereocenters. The number of hydrogen-bond donors (Lipinski definition) is 0. The lowest BCUT2D eigenvalue weighted by atomic mass is 9.81. The molecule has 2 aromatic carbocycles. The number of amides is 1. The van der Waals surface area contributed by atoms with Gasteiger partial charge in [-0.15, -0.1) is 0 Å². The molecule has 0 unspecified atom stereocenters. The van der Waals surface area contributed by atoms with E-state index in [9.17, 15) is 9.59 Å². The molecular weight excluding hydrogens is 462 g/mol. The average Bonchev–Trinajstić information content (AvgIpc) is 2.88. The summed E-state index contributed by atoms with van der Waals surface area (Å²) < 4.78 is 28.7. The van der Waals surface area contributed by atoms with Crippen molar-refractivity contribution >= 4 is 11.9 Å². The molecule has 0 N–H and O–H groups in total. The maximum atomic E-state index is 13.3. The van der Waals surface area contributed by atoms with Crippen LogP contribution in [0.25, 0.3) is 0 Å². The zero-order valence-corrected chi connectivity index (χ0v) is 21.6. The van der Waals surface area contributed by atoms with Gasteiger partial charge in [0.1, 0.15) is 11.4 Å². The molecule has 2 aromatic rings. The number of fused-ring (bicyclic) bond motifs is 1. The van der Waals surface area contributed by atoms with E-state index in [2.05, 4.69) is 0 Å². The standard InChI is InChI=1S/C28H35NO7/c1-18(2)34-23-11-10-20(16-24(23)32-4)26(30)29-14-12-28(13-15-29)17-25(35-19(3)27(31)33-5)21-8-6-7-9-22(21)36-28/h6-11,16,18-19,25H,12-15,17H2,1-5H3/t19-,25-/m0/s1. The van der Waals surface area contributed by atoms with Gasteiger partial charge >= 0.3 is 5.97 Å². The number of nitrogens with zero attached hydrogens (tertiary/aromatic N) is 1. The van der Waals surface area contributed by atoms with Gasteiger partial charge in [0.2, 0.25) is 0 Å². The van der Waals surface area contributed by atoms with Crippen LogP contribution in [-0.4, -0.2) is 61.9 Å². The number of carbonyl (C=O) groups excluding carboxylic acids is 2. The number of benzene rings is 2. The molecule has 0 bridgehead atoms. The first-order chi connectivity index (χ1) is 17.2. The number of hydrogen-bond acceptors (Lipinski definition) is 7. The highest BCUT2D eigenvalue weighted by molar-refractivity contribution is 5.95. The van der Waals surface area contributed by atoms with Gasteiger partial charge in [0.05, 0.1) is 26.4 Å². The van der Waals surface area contributed by atoms with E-state index in [4.69, 9.17) is 23.7 Å². The van der Waals surface area contributed by atoms with Crippen molar-refractivity contribution in [2.45, 2.75) is 63.9 Å². The minimum atomic E-state index is -0.692. The SMILES string of the molecule is COC(=O)[C@H](C)O[C@H]1CC2(CCN(C(=O)c3ccc(OC(C)C)c(OC)c3)CC2)Oc2ccccc21. The summed E-state index contributed by atoms with van der Waals surface area (Å²) in [6, 6.07) is 13.1. The zero-order chi connectivity index (χ0) is 25.9. The molecule has 1 fully saturated rings. The van der Waals surface area contributed by atoms with Crippen molar-refractivity contribution in [3.8, 4) is 17.2 Å². The van der Waals surface area contributed by atoms with Gasteiger partial charge in [-0.1, -0.05) is 18.2 Å². The Balaban J connectivity index is 1.47. The van der Waals surface area contributed by atoms with Crippen molar-refractivity contribution in [3.05, 3.63) is 53.6 Å². The molecular formula is C28H35NO7. The lowest BCUT2D eigenvalue weighted by Crippen LogP contribution is -2.52. The Morgan fingerprint density at radius 3 is 2.42 bits per heavy atom. The minimum absolute atomic E-state index is 0.00257. The van der Waals surface area contributed by atoms with Gasteiger partial charge < -0.3 is 28.6 Å². The van der Waals surface area contributed by atoms with Crippen LogP contribution in [0, 0.1) is 0 Å². The second-order valence-corrected chi connectivity index (χ2v) is 9.64. The molecule has 0 saturated carbocycles. The Bertz CT molecular complexity index is 1090. The Hall–Kier alpha value is -3.26. The highest BCUT2D eigenvalue weighted by atomic mass is 16.6. The van der Waals surface area contributed by atoms with Gasteiger partial charge in [0.25, 0.3) is 5.91 Å². The number of methoxy groups -OCH3 is 2. The van der Waals surface area contributed by atoms with Crippen LogP contribution in [0.1, 0.15) is 62.1 Å². The molecule has 0 aliphatic carbocycles. The molecule has 194 valence electrons. The van der Waals surface area contributed by atoms with E-state index in [0.717, 1.165) is 11.3 Å². The highest BCUT2D eigenvalue weighted by Crippen LogP contribution is 2.46. The predicted molar refractivity (Wildman–Crippen MR) is 134 cm³/mol. The summed E-state index contributed by atoms with van der Waals surface area (Å²) in [4.78, 5) is 27.1. The molecule has 8 nitrogen and oxygen atoms in total. The average molecular weight is 498 g/mol. The third-order valence-corrected chi connectivity index (χ3v) is 6.79. The van der Waals surface area contributed by atoms with E-state index in [1.54, 1.807) is 32.2 Å². The summed E-state index contributed by atoms with van der Waals surface area (Å²) in [6.07, 6.45) is 0.924. The molecule has 0 aromatic heterocycles. The van der Waals surface area contributed by atoms with Crippen molar-refractivity contribution in [1.82, 2.24) is 4.90 Å². The van der Waals surface area contributed by atoms with Crippen molar-refractivity contribution in [2.75, 3.05) is 27.3 Å². The van der Waals surface area contributed by atoms with Crippen molar-refractivity contribution < 1.29 is 33.3 Å². The van der Waals surface area contributed by atoms with Crippen molar-refractivity contribution in [3.63, 3.8) is 0 Å². The normalized spacial score (nSPS) is 19.3. The predicted octanol–water partition coefficient (Wildman–Crippen LogP) is 4.56. The minimum Gasteiger partial charge on any atom is -0.493 e. The number of likely N-dealkylation sites (tertiary alicyclic amines) is 1. The van der Waals surface area contributed by atoms with Crippen LogP contribution in [-0.2, 0) is 14.3 Å². The molecule has 1 saturated heterocycles. The van der Waals surface area contributed by atoms with E-state index in [1.807, 2.05) is 43.0 Å². The van der Waals surface area contributed by atoms with Crippen LogP contribution in [0.3, 0.4) is 0 Å². The molecule has 0 radical (unpaired) electrons. The third-order valence-electron chi connectivity index (χ3n) is 6.79. The Morgan fingerprint density at radius 1 is 1.03 bits per heavy atom. The summed E-state index contributed by atoms with van der Waals surface area (Å²) in [6.45, 7) is 6.68. The van der Waals surface area contributed by atoms with Crippen LogP contribution >= 0.6 is 0 Å². The summed E-state index contributed by atoms with van der Waals surface area (Å²) in [7, 11) is 2.92. The fourth-order valence-corrected chi connectivity index (χ4v) is 4.91. The monoisotopic (exact) mass is 497 g/mol. The van der Waals surface area contributed by atoms with Crippen LogP contribution < -0.4 is 14.2 Å². The number of carbonyl (C=O) groups is 2. The number of piperidine rings is 1. The molecule has 2 heterocycles. The third kappa shape index (κ3) is 5.43. The molecule has 1 amide bonds. The van der Waals surface area contributed by atoms with Crippen molar-refractivity contribution in [1.29, 1.82) is 0 Å². The van der Waals surface area contributed by atoms with Gasteiger partial charge in [-0.25, -0.2) is 4.79 Å². The summed E-state index contributed by atoms with van der Waals surface area (Å²) in [5.41, 5.74) is 1.01. The Kier molecular flexibility index (Phi) is 7.73. The molecule has 1 spiro atoms. The first-order valence-electron chi connectivity index (χ1n) is 12.4. The van der Waals surface area contributed by atoms with Crippen LogP contribution in [0.5, 0.6) is 17.2 Å². The first kappa shape index (κ1) is 25.8. The molecule has 4 rings (SSSR count). The number of rotatable bonds is 7. The van der Waals surface area contributed by atoms with Crippen LogP contribution in [0.15, 0.2) is 42.5 Å². The van der Waals surface area contributed by atoms with Gasteiger partial charge in [-0.2, -0.15) is 0 Å². The topological polar surface area (TPSA) is 83.5 Å². The second kappa shape index (κ2) is 10.8. The largest absolute Gasteiger partial charge is 0.493 e. The van der Waals surface area contributed by atoms with Crippen LogP contribution in [0.4, 0.5) is 0 Å². The number of para-hydroxylation sites is 1. The summed E-state index contributed by atoms with van der Waals surface area (Å²) in [5, 5.41) is 0. The molecule has 2 aliphatic rings. The Morgan fingerprint density at radius 2 is 1.75 bits per heavy atom. The quantitative estimate of drug-likeness (QED) is 0.519. The lowest BCUT2D eigenvalue weighted by Gasteiger charge is -2.47. The van der Waals surface area contributed by atoms with E-state index in [0.29, 0.717) is 49.4 Å². The maximum absolute atomic E-state index is 13.3. The van der Waals surface area contributed by atoms with Crippen molar-refractivity contribution in [2.24, 2.45) is 0 Å². The van der Waals surface area contributed by atoms with Gasteiger partial charge in [0, 0.05) is 43.5 Å². The number of ether oxygens (including phenoxy) is 5. The van der Waals surface area contributed by atoms with Gasteiger partial charge in [-0.3, -0.25) is 4.79 Å². The summed E-state index contributed by atoms with van der Waals surface area (Å²) >= 11 is 0. The van der Waals surface area contributed by atoms with E-state index >= 15 is 0 Å². The fraction of sp³-hybridized carbons (Fsp3) is 0.500. The molecule has 36 heavy (non-hydrogen) atoms. The fourth-order valence-electron chi connectivity index (χ4n) is 4.91. The zero-order valence-electron chi connectivity index (χ0n) is 21.6. The first-order valence-corrected chi connectivity index (χ1v) is 12.4. The van der Waals surface area contributed by atoms with Gasteiger partial charge in [0.15, 0.2) is 17.6 Å². The smallest absolute Gasteiger partial charge is 0.334 e. The van der Waals surface area contributed by atoms with E-state index in [-0.39, 0.29) is 18.1 Å². The summed E-state index contributed by atoms with van der Waals surface area (Å²) in [5.74, 6) is 1.45. The van der Waals surface area contributed by atoms with E-state index in [1.165, 1.54) is 7.11 Å². The second-order valence-electron chi connectivity index (χ2n) is 9.64. The van der Waals surface area contributed by atoms with Crippen LogP contribution in [0.2, 0.25) is 0 Å². The molecule has 8 heteroatoms.